The maximum absolute atomic E-state index is 3.97. The molecule has 116 valence electrons. The molecule has 0 aromatic rings. The molecule has 20 heavy (non-hydrogen) atoms. The average Bonchev–Trinajstić information content (AvgIpc) is 2.36. The minimum Gasteiger partial charge on any atom is -0.103 e. The first-order chi connectivity index (χ1) is 9.31. The van der Waals surface area contributed by atoms with Crippen LogP contribution in [0, 0.1) is 34.5 Å². The number of allylic oxidation sites excluding steroid dienone is 1. The van der Waals surface area contributed by atoms with Crippen LogP contribution in [-0.4, -0.2) is 0 Å². The highest BCUT2D eigenvalue weighted by Crippen LogP contribution is 2.62. The molecule has 0 unspecified atom stereocenters. The molecule has 0 bridgehead atoms. The van der Waals surface area contributed by atoms with Crippen molar-refractivity contribution in [3.05, 3.63) is 12.7 Å². The van der Waals surface area contributed by atoms with Crippen molar-refractivity contribution in [3.63, 3.8) is 0 Å². The van der Waals surface area contributed by atoms with Crippen molar-refractivity contribution < 1.29 is 0 Å². The van der Waals surface area contributed by atoms with Gasteiger partial charge in [-0.05, 0) is 66.6 Å². The summed E-state index contributed by atoms with van der Waals surface area (Å²) >= 11 is 0. The SMILES string of the molecule is C=C[C@@H](C)CC[C@H]1[C@@H](C)CC[C@H]2C(C)(C)CCC[C@]12C. The second-order valence-corrected chi connectivity index (χ2v) is 8.85. The number of rotatable bonds is 4. The fourth-order valence-corrected chi connectivity index (χ4v) is 5.79. The van der Waals surface area contributed by atoms with E-state index < -0.39 is 0 Å². The maximum Gasteiger partial charge on any atom is -0.0262 e. The van der Waals surface area contributed by atoms with Crippen LogP contribution in [0.2, 0.25) is 0 Å². The Morgan fingerprint density at radius 1 is 1.20 bits per heavy atom. The highest BCUT2D eigenvalue weighted by atomic mass is 14.6. The van der Waals surface area contributed by atoms with E-state index in [4.69, 9.17) is 0 Å². The largest absolute Gasteiger partial charge is 0.103 e. The van der Waals surface area contributed by atoms with Gasteiger partial charge in [-0.1, -0.05) is 53.5 Å². The van der Waals surface area contributed by atoms with Crippen molar-refractivity contribution in [1.82, 2.24) is 0 Å². The smallest absolute Gasteiger partial charge is 0.0262 e. The van der Waals surface area contributed by atoms with Gasteiger partial charge in [-0.2, -0.15) is 0 Å². The molecule has 0 N–H and O–H groups in total. The van der Waals surface area contributed by atoms with Crippen molar-refractivity contribution >= 4 is 0 Å². The lowest BCUT2D eigenvalue weighted by atomic mass is 9.46. The predicted octanol–water partition coefficient (Wildman–Crippen LogP) is 6.47. The molecule has 0 radical (unpaired) electrons. The summed E-state index contributed by atoms with van der Waals surface area (Å²) < 4.78 is 0. The van der Waals surface area contributed by atoms with Gasteiger partial charge in [-0.3, -0.25) is 0 Å². The molecule has 5 atom stereocenters. The quantitative estimate of drug-likeness (QED) is 0.516. The lowest BCUT2D eigenvalue weighted by Crippen LogP contribution is -2.51. The summed E-state index contributed by atoms with van der Waals surface area (Å²) in [5.41, 5.74) is 1.16. The van der Waals surface area contributed by atoms with Crippen LogP contribution < -0.4 is 0 Å². The Morgan fingerprint density at radius 2 is 1.90 bits per heavy atom. The van der Waals surface area contributed by atoms with Crippen LogP contribution >= 0.6 is 0 Å². The Balaban J connectivity index is 2.17. The Hall–Kier alpha value is -0.260. The van der Waals surface area contributed by atoms with E-state index >= 15 is 0 Å². The van der Waals surface area contributed by atoms with Crippen LogP contribution in [0.15, 0.2) is 12.7 Å². The number of fused-ring (bicyclic) bond motifs is 1. The van der Waals surface area contributed by atoms with Gasteiger partial charge in [0, 0.05) is 0 Å². The van der Waals surface area contributed by atoms with E-state index in [1.165, 1.54) is 44.9 Å². The zero-order chi connectivity index (χ0) is 15.0. The minimum atomic E-state index is 0.565. The van der Waals surface area contributed by atoms with Crippen molar-refractivity contribution in [1.29, 1.82) is 0 Å². The Labute approximate surface area is 127 Å². The molecule has 0 spiro atoms. The van der Waals surface area contributed by atoms with Crippen LogP contribution in [-0.2, 0) is 0 Å². The fraction of sp³-hybridized carbons (Fsp3) is 0.900. The molecule has 0 heterocycles. The van der Waals surface area contributed by atoms with Crippen LogP contribution in [0.25, 0.3) is 0 Å². The summed E-state index contributed by atoms with van der Waals surface area (Å²) in [6, 6.07) is 0. The summed E-state index contributed by atoms with van der Waals surface area (Å²) in [6.45, 7) is 16.5. The van der Waals surface area contributed by atoms with Gasteiger partial charge in [0.15, 0.2) is 0 Å². The maximum atomic E-state index is 3.97. The average molecular weight is 277 g/mol. The molecule has 0 nitrogen and oxygen atoms in total. The van der Waals surface area contributed by atoms with Gasteiger partial charge in [0.1, 0.15) is 0 Å². The molecule has 2 aliphatic rings. The van der Waals surface area contributed by atoms with Gasteiger partial charge >= 0.3 is 0 Å². The van der Waals surface area contributed by atoms with E-state index in [2.05, 4.69) is 47.3 Å². The minimum absolute atomic E-state index is 0.565. The molecular weight excluding hydrogens is 240 g/mol. The first-order valence-electron chi connectivity index (χ1n) is 8.94. The van der Waals surface area contributed by atoms with Crippen molar-refractivity contribution in [2.45, 2.75) is 79.6 Å². The first-order valence-corrected chi connectivity index (χ1v) is 8.94. The van der Waals surface area contributed by atoms with Crippen molar-refractivity contribution in [2.24, 2.45) is 34.5 Å². The van der Waals surface area contributed by atoms with Gasteiger partial charge in [0.25, 0.3) is 0 Å². The van der Waals surface area contributed by atoms with Crippen molar-refractivity contribution in [3.8, 4) is 0 Å². The first kappa shape index (κ1) is 16.1. The zero-order valence-electron chi connectivity index (χ0n) is 14.5. The third-order valence-electron chi connectivity index (χ3n) is 7.06. The topological polar surface area (TPSA) is 0 Å². The molecule has 0 saturated heterocycles. The Kier molecular flexibility index (Phi) is 4.72. The Bertz CT molecular complexity index is 340. The Morgan fingerprint density at radius 3 is 2.55 bits per heavy atom. The number of hydrogen-bond donors (Lipinski definition) is 0. The molecule has 2 aliphatic carbocycles. The second kappa shape index (κ2) is 5.85. The predicted molar refractivity (Wildman–Crippen MR) is 89.7 cm³/mol. The second-order valence-electron chi connectivity index (χ2n) is 8.85. The van der Waals surface area contributed by atoms with Gasteiger partial charge in [-0.15, -0.1) is 6.58 Å². The third kappa shape index (κ3) is 2.85. The van der Waals surface area contributed by atoms with E-state index in [1.54, 1.807) is 0 Å². The molecule has 0 heteroatoms. The lowest BCUT2D eigenvalue weighted by Gasteiger charge is -2.59. The normalized spacial score (nSPS) is 41.8. The molecule has 2 rings (SSSR count). The lowest BCUT2D eigenvalue weighted by molar-refractivity contribution is -0.0968. The molecular formula is C20H36. The summed E-state index contributed by atoms with van der Waals surface area (Å²) in [6.07, 6.45) is 12.2. The standard InChI is InChI=1S/C20H36/c1-7-15(2)9-11-17-16(3)10-12-18-19(4,5)13-8-14-20(17,18)6/h7,15-18H,1,8-14H2,2-6H3/t15-,16+,17+,18+,20-/m1/s1. The van der Waals surface area contributed by atoms with Crippen LogP contribution in [0.5, 0.6) is 0 Å². The monoisotopic (exact) mass is 276 g/mol. The van der Waals surface area contributed by atoms with Gasteiger partial charge in [0.2, 0.25) is 0 Å². The molecule has 2 saturated carbocycles. The molecule has 0 aromatic carbocycles. The van der Waals surface area contributed by atoms with E-state index in [-0.39, 0.29) is 0 Å². The van der Waals surface area contributed by atoms with Crippen LogP contribution in [0.3, 0.4) is 0 Å². The summed E-state index contributed by atoms with van der Waals surface area (Å²) in [7, 11) is 0. The van der Waals surface area contributed by atoms with E-state index in [0.29, 0.717) is 16.7 Å². The molecule has 2 fully saturated rings. The van der Waals surface area contributed by atoms with Gasteiger partial charge in [0.05, 0.1) is 0 Å². The summed E-state index contributed by atoms with van der Waals surface area (Å²) in [5, 5.41) is 0. The summed E-state index contributed by atoms with van der Waals surface area (Å²) in [5.74, 6) is 3.48. The summed E-state index contributed by atoms with van der Waals surface area (Å²) in [4.78, 5) is 0. The van der Waals surface area contributed by atoms with E-state index in [0.717, 1.165) is 17.8 Å². The molecule has 0 aliphatic heterocycles. The third-order valence-corrected chi connectivity index (χ3v) is 7.06. The van der Waals surface area contributed by atoms with E-state index in [9.17, 15) is 0 Å². The highest BCUT2D eigenvalue weighted by Gasteiger charge is 2.53. The van der Waals surface area contributed by atoms with Gasteiger partial charge in [-0.25, -0.2) is 0 Å². The number of hydrogen-bond acceptors (Lipinski definition) is 0. The van der Waals surface area contributed by atoms with Crippen LogP contribution in [0.4, 0.5) is 0 Å². The highest BCUT2D eigenvalue weighted by molar-refractivity contribution is 5.02. The fourth-order valence-electron chi connectivity index (χ4n) is 5.79. The zero-order valence-corrected chi connectivity index (χ0v) is 14.5. The van der Waals surface area contributed by atoms with Crippen LogP contribution in [0.1, 0.15) is 79.6 Å². The molecule has 0 amide bonds. The van der Waals surface area contributed by atoms with Gasteiger partial charge < -0.3 is 0 Å². The van der Waals surface area contributed by atoms with E-state index in [1.807, 2.05) is 0 Å². The van der Waals surface area contributed by atoms with Crippen molar-refractivity contribution in [2.75, 3.05) is 0 Å². The molecule has 0 aromatic heterocycles.